The summed E-state index contributed by atoms with van der Waals surface area (Å²) in [6.07, 6.45) is 0.689. The van der Waals surface area contributed by atoms with Crippen LogP contribution in [0, 0.1) is 0 Å². The molecule has 1 aliphatic carbocycles. The molecule has 0 bridgehead atoms. The third kappa shape index (κ3) is 1.85. The molecule has 2 rings (SSSR count). The van der Waals surface area contributed by atoms with Crippen LogP contribution in [0.4, 0.5) is 9.93 Å². The number of rotatable bonds is 2. The van der Waals surface area contributed by atoms with E-state index in [1.54, 1.807) is 0 Å². The van der Waals surface area contributed by atoms with Gasteiger partial charge in [0.2, 0.25) is 0 Å². The molecule has 1 amide bonds. The van der Waals surface area contributed by atoms with Crippen molar-refractivity contribution in [2.75, 3.05) is 12.4 Å². The Morgan fingerprint density at radius 1 is 1.62 bits per heavy atom. The number of hydrogen-bond acceptors (Lipinski definition) is 5. The van der Waals surface area contributed by atoms with Gasteiger partial charge in [0, 0.05) is 4.88 Å². The minimum atomic E-state index is -0.867. The highest BCUT2D eigenvalue weighted by molar-refractivity contribution is 7.15. The lowest BCUT2D eigenvalue weighted by Gasteiger charge is -2.01. The number of nitrogens with zero attached hydrogens (tertiary/aromatic N) is 1. The van der Waals surface area contributed by atoms with Crippen LogP contribution in [0.15, 0.2) is 0 Å². The molecule has 1 aromatic heterocycles. The van der Waals surface area contributed by atoms with Crippen molar-refractivity contribution in [2.45, 2.75) is 18.8 Å². The topological polar surface area (TPSA) is 88.5 Å². The number of amides is 1. The van der Waals surface area contributed by atoms with Crippen LogP contribution in [-0.2, 0) is 16.0 Å². The average molecular weight is 242 g/mol. The highest BCUT2D eigenvalue weighted by atomic mass is 32.1. The van der Waals surface area contributed by atoms with Crippen molar-refractivity contribution >= 4 is 28.5 Å². The Morgan fingerprint density at radius 3 is 3.00 bits per heavy atom. The van der Waals surface area contributed by atoms with E-state index < -0.39 is 18.0 Å². The predicted octanol–water partition coefficient (Wildman–Crippen LogP) is 1.44. The summed E-state index contributed by atoms with van der Waals surface area (Å²) in [7, 11) is 1.26. The molecule has 86 valence electrons. The van der Waals surface area contributed by atoms with E-state index in [-0.39, 0.29) is 0 Å². The summed E-state index contributed by atoms with van der Waals surface area (Å²) < 4.78 is 4.43. The number of carboxylic acids is 1. The lowest BCUT2D eigenvalue weighted by atomic mass is 10.1. The number of carbonyl (C=O) groups is 2. The molecule has 1 aromatic rings. The maximum Gasteiger partial charge on any atom is 0.413 e. The number of aryl methyl sites for hydroxylation is 1. The Morgan fingerprint density at radius 2 is 2.38 bits per heavy atom. The monoisotopic (exact) mass is 242 g/mol. The van der Waals surface area contributed by atoms with Crippen LogP contribution >= 0.6 is 11.3 Å². The molecule has 1 heterocycles. The average Bonchev–Trinajstić information content (AvgIpc) is 2.75. The minimum Gasteiger partial charge on any atom is -0.481 e. The maximum atomic E-state index is 10.9. The molecule has 0 unspecified atom stereocenters. The first-order valence-electron chi connectivity index (χ1n) is 4.69. The summed E-state index contributed by atoms with van der Waals surface area (Å²) in [6.45, 7) is 0. The largest absolute Gasteiger partial charge is 0.481 e. The van der Waals surface area contributed by atoms with E-state index in [0.717, 1.165) is 4.88 Å². The van der Waals surface area contributed by atoms with Gasteiger partial charge in [-0.15, -0.1) is 11.3 Å². The van der Waals surface area contributed by atoms with Crippen LogP contribution in [0.5, 0.6) is 0 Å². The van der Waals surface area contributed by atoms with Crippen molar-refractivity contribution in [2.24, 2.45) is 0 Å². The number of aromatic nitrogens is 1. The Hall–Kier alpha value is -1.63. The molecule has 1 atom stereocenters. The predicted molar refractivity (Wildman–Crippen MR) is 56.8 cm³/mol. The number of hydrogen-bond donors (Lipinski definition) is 2. The SMILES string of the molecule is COC(=O)Nc1nc2c(s1)CC[C@@H]2C(=O)O. The van der Waals surface area contributed by atoms with Crippen LogP contribution in [0.2, 0.25) is 0 Å². The number of carbonyl (C=O) groups excluding carboxylic acids is 1. The summed E-state index contributed by atoms with van der Waals surface area (Å²) >= 11 is 1.30. The fourth-order valence-corrected chi connectivity index (χ4v) is 2.68. The molecule has 0 saturated heterocycles. The molecule has 0 saturated carbocycles. The number of nitrogens with one attached hydrogen (secondary N) is 1. The van der Waals surface area contributed by atoms with Crippen LogP contribution in [0.1, 0.15) is 22.9 Å². The standard InChI is InChI=1S/C9H10N2O4S/c1-15-9(14)11-8-10-6-4(7(12)13)2-3-5(6)16-8/h4H,2-3H2,1H3,(H,12,13)(H,10,11,14)/t4-/m0/s1. The van der Waals surface area contributed by atoms with Crippen molar-refractivity contribution in [3.63, 3.8) is 0 Å². The molecule has 0 fully saturated rings. The Labute approximate surface area is 95.3 Å². The molecular weight excluding hydrogens is 232 g/mol. The quantitative estimate of drug-likeness (QED) is 0.819. The van der Waals surface area contributed by atoms with Crippen molar-refractivity contribution in [3.05, 3.63) is 10.6 Å². The van der Waals surface area contributed by atoms with Gasteiger partial charge in [0.15, 0.2) is 5.13 Å². The lowest BCUT2D eigenvalue weighted by molar-refractivity contribution is -0.138. The highest BCUT2D eigenvalue weighted by Gasteiger charge is 2.32. The van der Waals surface area contributed by atoms with Crippen molar-refractivity contribution in [1.29, 1.82) is 0 Å². The van der Waals surface area contributed by atoms with Gasteiger partial charge in [-0.25, -0.2) is 9.78 Å². The fraction of sp³-hybridized carbons (Fsp3) is 0.444. The van der Waals surface area contributed by atoms with Crippen LogP contribution in [0.25, 0.3) is 0 Å². The minimum absolute atomic E-state index is 0.391. The van der Waals surface area contributed by atoms with E-state index in [1.165, 1.54) is 18.4 Å². The molecule has 0 aliphatic heterocycles. The first kappa shape index (κ1) is 10.9. The summed E-state index contributed by atoms with van der Waals surface area (Å²) in [4.78, 5) is 26.9. The third-order valence-electron chi connectivity index (χ3n) is 2.41. The van der Waals surface area contributed by atoms with E-state index in [9.17, 15) is 9.59 Å². The smallest absolute Gasteiger partial charge is 0.413 e. The molecule has 0 radical (unpaired) electrons. The van der Waals surface area contributed by atoms with Crippen LogP contribution < -0.4 is 5.32 Å². The van der Waals surface area contributed by atoms with E-state index in [0.29, 0.717) is 23.7 Å². The van der Waals surface area contributed by atoms with E-state index in [2.05, 4.69) is 15.0 Å². The number of fused-ring (bicyclic) bond motifs is 1. The zero-order chi connectivity index (χ0) is 11.7. The molecule has 2 N–H and O–H groups in total. The normalized spacial score (nSPS) is 17.9. The van der Waals surface area contributed by atoms with Crippen molar-refractivity contribution in [1.82, 2.24) is 4.98 Å². The number of carboxylic acid groups (broad SMARTS) is 1. The Bertz CT molecular complexity index is 443. The van der Waals surface area contributed by atoms with Gasteiger partial charge in [0.25, 0.3) is 0 Å². The fourth-order valence-electron chi connectivity index (χ4n) is 1.66. The summed E-state index contributed by atoms with van der Waals surface area (Å²) in [5.74, 6) is -1.41. The van der Waals surface area contributed by atoms with E-state index in [4.69, 9.17) is 5.11 Å². The zero-order valence-electron chi connectivity index (χ0n) is 8.52. The van der Waals surface area contributed by atoms with Gasteiger partial charge in [-0.3, -0.25) is 10.1 Å². The van der Waals surface area contributed by atoms with Gasteiger partial charge in [0.1, 0.15) is 5.92 Å². The molecule has 1 aliphatic rings. The summed E-state index contributed by atoms with van der Waals surface area (Å²) in [5, 5.41) is 11.8. The maximum absolute atomic E-state index is 10.9. The second-order valence-corrected chi connectivity index (χ2v) is 4.46. The number of thiazole rings is 1. The second-order valence-electron chi connectivity index (χ2n) is 3.37. The molecular formula is C9H10N2O4S. The first-order chi connectivity index (χ1) is 7.61. The van der Waals surface area contributed by atoms with Gasteiger partial charge in [-0.1, -0.05) is 0 Å². The molecule has 7 heteroatoms. The lowest BCUT2D eigenvalue weighted by Crippen LogP contribution is -2.12. The van der Waals surface area contributed by atoms with Crippen molar-refractivity contribution in [3.8, 4) is 0 Å². The highest BCUT2D eigenvalue weighted by Crippen LogP contribution is 2.38. The van der Waals surface area contributed by atoms with Gasteiger partial charge >= 0.3 is 12.1 Å². The molecule has 6 nitrogen and oxygen atoms in total. The summed E-state index contributed by atoms with van der Waals surface area (Å²) in [5.41, 5.74) is 0.573. The van der Waals surface area contributed by atoms with Gasteiger partial charge in [-0.05, 0) is 12.8 Å². The third-order valence-corrected chi connectivity index (χ3v) is 3.46. The molecule has 0 aromatic carbocycles. The molecule has 0 spiro atoms. The van der Waals surface area contributed by atoms with Gasteiger partial charge in [-0.2, -0.15) is 0 Å². The number of methoxy groups -OCH3 is 1. The van der Waals surface area contributed by atoms with Crippen LogP contribution in [-0.4, -0.2) is 29.3 Å². The second kappa shape index (κ2) is 4.09. The van der Waals surface area contributed by atoms with Gasteiger partial charge in [0.05, 0.1) is 12.8 Å². The van der Waals surface area contributed by atoms with Crippen molar-refractivity contribution < 1.29 is 19.4 Å². The van der Waals surface area contributed by atoms with Crippen LogP contribution in [0.3, 0.4) is 0 Å². The Balaban J connectivity index is 2.19. The Kier molecular flexibility index (Phi) is 2.78. The van der Waals surface area contributed by atoms with E-state index in [1.807, 2.05) is 0 Å². The van der Waals surface area contributed by atoms with E-state index >= 15 is 0 Å². The number of aliphatic carboxylic acids is 1. The number of ether oxygens (including phenoxy) is 1. The first-order valence-corrected chi connectivity index (χ1v) is 5.51. The van der Waals surface area contributed by atoms with Gasteiger partial charge < -0.3 is 9.84 Å². The molecule has 16 heavy (non-hydrogen) atoms. The number of anilines is 1. The zero-order valence-corrected chi connectivity index (χ0v) is 9.34. The summed E-state index contributed by atoms with van der Waals surface area (Å²) in [6, 6.07) is 0.